The van der Waals surface area contributed by atoms with Gasteiger partial charge in [0.2, 0.25) is 0 Å². The van der Waals surface area contributed by atoms with E-state index in [2.05, 4.69) is 9.97 Å². The normalized spacial score (nSPS) is 10.6. The third-order valence-corrected chi connectivity index (χ3v) is 1.93. The highest BCUT2D eigenvalue weighted by Gasteiger charge is 2.06. The van der Waals surface area contributed by atoms with E-state index in [1.54, 1.807) is 0 Å². The second-order valence-corrected chi connectivity index (χ2v) is 3.07. The number of aliphatic hydroxyl groups excluding tert-OH is 1. The van der Waals surface area contributed by atoms with E-state index < -0.39 is 11.6 Å². The highest BCUT2D eigenvalue weighted by atomic mass is 19.1. The van der Waals surface area contributed by atoms with Crippen molar-refractivity contribution >= 4 is 0 Å². The van der Waals surface area contributed by atoms with Gasteiger partial charge in [0, 0.05) is 11.6 Å². The zero-order valence-corrected chi connectivity index (χ0v) is 7.67. The third-order valence-electron chi connectivity index (χ3n) is 1.93. The van der Waals surface area contributed by atoms with Gasteiger partial charge in [-0.05, 0) is 12.1 Å². The Balaban J connectivity index is 2.44. The van der Waals surface area contributed by atoms with Crippen molar-refractivity contribution in [3.63, 3.8) is 0 Å². The van der Waals surface area contributed by atoms with Crippen molar-refractivity contribution in [2.45, 2.75) is 6.61 Å². The summed E-state index contributed by atoms with van der Waals surface area (Å²) in [7, 11) is 0. The molecule has 78 valence electrons. The minimum Gasteiger partial charge on any atom is -0.390 e. The topological polar surface area (TPSA) is 48.9 Å². The maximum absolute atomic E-state index is 12.9. The van der Waals surface area contributed by atoms with Crippen molar-refractivity contribution in [1.82, 2.24) is 9.97 Å². The summed E-state index contributed by atoms with van der Waals surface area (Å²) < 4.78 is 25.7. The number of aliphatic hydroxyl groups is 1. The first-order chi connectivity index (χ1) is 7.19. The minimum atomic E-state index is -0.660. The molecule has 0 bridgehead atoms. The van der Waals surface area contributed by atoms with Gasteiger partial charge in [0.05, 0.1) is 18.5 Å². The number of hydrogen-bond acceptors (Lipinski definition) is 2. The molecule has 0 aliphatic carbocycles. The van der Waals surface area contributed by atoms with Crippen LogP contribution in [0.15, 0.2) is 24.4 Å². The summed E-state index contributed by atoms with van der Waals surface area (Å²) in [6.07, 6.45) is 1.41. The first-order valence-electron chi connectivity index (χ1n) is 4.30. The third kappa shape index (κ3) is 2.02. The van der Waals surface area contributed by atoms with Gasteiger partial charge in [0.25, 0.3) is 0 Å². The van der Waals surface area contributed by atoms with E-state index in [1.165, 1.54) is 18.3 Å². The number of nitrogens with zero attached hydrogens (tertiary/aromatic N) is 1. The second kappa shape index (κ2) is 3.78. The molecule has 0 atom stereocenters. The molecule has 1 aromatic carbocycles. The van der Waals surface area contributed by atoms with E-state index in [-0.39, 0.29) is 6.61 Å². The summed E-state index contributed by atoms with van der Waals surface area (Å²) in [4.78, 5) is 6.63. The first-order valence-corrected chi connectivity index (χ1v) is 4.30. The lowest BCUT2D eigenvalue weighted by atomic mass is 10.2. The largest absolute Gasteiger partial charge is 0.390 e. The number of halogens is 2. The predicted octanol–water partition coefficient (Wildman–Crippen LogP) is 1.85. The maximum Gasteiger partial charge on any atom is 0.137 e. The summed E-state index contributed by atoms with van der Waals surface area (Å²) in [5.41, 5.74) is 0.807. The lowest BCUT2D eigenvalue weighted by Crippen LogP contribution is -1.87. The Morgan fingerprint density at radius 3 is 2.40 bits per heavy atom. The van der Waals surface area contributed by atoms with Crippen molar-refractivity contribution in [3.8, 4) is 11.4 Å². The van der Waals surface area contributed by atoms with Gasteiger partial charge in [-0.1, -0.05) is 0 Å². The number of benzene rings is 1. The fourth-order valence-corrected chi connectivity index (χ4v) is 1.28. The number of aromatic amines is 1. The van der Waals surface area contributed by atoms with Crippen LogP contribution in [0.3, 0.4) is 0 Å². The van der Waals surface area contributed by atoms with Gasteiger partial charge in [-0.2, -0.15) is 0 Å². The van der Waals surface area contributed by atoms with Crippen LogP contribution in [-0.4, -0.2) is 15.1 Å². The maximum atomic E-state index is 12.9. The Morgan fingerprint density at radius 1 is 1.20 bits per heavy atom. The molecule has 0 aliphatic rings. The molecular formula is C10H8F2N2O. The molecule has 1 aromatic heterocycles. The molecular weight excluding hydrogens is 202 g/mol. The monoisotopic (exact) mass is 210 g/mol. The van der Waals surface area contributed by atoms with Gasteiger partial charge in [-0.15, -0.1) is 0 Å². The van der Waals surface area contributed by atoms with Crippen LogP contribution in [0.2, 0.25) is 0 Å². The zero-order chi connectivity index (χ0) is 10.8. The number of H-pyrrole nitrogens is 1. The SMILES string of the molecule is OCc1cnc(-c2cc(F)cc(F)c2)[nH]1. The van der Waals surface area contributed by atoms with E-state index >= 15 is 0 Å². The minimum absolute atomic E-state index is 0.190. The van der Waals surface area contributed by atoms with Gasteiger partial charge in [-0.3, -0.25) is 0 Å². The standard InChI is InChI=1S/C10H8F2N2O/c11-7-1-6(2-8(12)3-7)10-13-4-9(5-15)14-10/h1-4,15H,5H2,(H,13,14). The van der Waals surface area contributed by atoms with Crippen LogP contribution in [-0.2, 0) is 6.61 Å². The Bertz CT molecular complexity index is 462. The van der Waals surface area contributed by atoms with Crippen molar-refractivity contribution in [2.24, 2.45) is 0 Å². The zero-order valence-electron chi connectivity index (χ0n) is 7.67. The van der Waals surface area contributed by atoms with Crippen molar-refractivity contribution in [1.29, 1.82) is 0 Å². The van der Waals surface area contributed by atoms with E-state index in [9.17, 15) is 8.78 Å². The van der Waals surface area contributed by atoms with Crippen LogP contribution in [0.1, 0.15) is 5.69 Å². The highest BCUT2D eigenvalue weighted by molar-refractivity contribution is 5.55. The van der Waals surface area contributed by atoms with Crippen LogP contribution in [0.25, 0.3) is 11.4 Å². The molecule has 3 nitrogen and oxygen atoms in total. The van der Waals surface area contributed by atoms with E-state index in [0.29, 0.717) is 17.1 Å². The molecule has 0 fully saturated rings. The molecule has 2 aromatic rings. The van der Waals surface area contributed by atoms with Gasteiger partial charge in [0.15, 0.2) is 0 Å². The molecule has 0 amide bonds. The first kappa shape index (κ1) is 9.79. The Hall–Kier alpha value is -1.75. The van der Waals surface area contributed by atoms with Gasteiger partial charge < -0.3 is 10.1 Å². The number of rotatable bonds is 2. The van der Waals surface area contributed by atoms with Gasteiger partial charge in [0.1, 0.15) is 17.5 Å². The lowest BCUT2D eigenvalue weighted by molar-refractivity contribution is 0.277. The Morgan fingerprint density at radius 2 is 1.87 bits per heavy atom. The lowest BCUT2D eigenvalue weighted by Gasteiger charge is -1.97. The number of imidazole rings is 1. The van der Waals surface area contributed by atoms with E-state index in [4.69, 9.17) is 5.11 Å². The summed E-state index contributed by atoms with van der Waals surface area (Å²) in [5.74, 6) is -0.989. The highest BCUT2D eigenvalue weighted by Crippen LogP contribution is 2.18. The van der Waals surface area contributed by atoms with Crippen molar-refractivity contribution < 1.29 is 13.9 Å². The molecule has 0 saturated carbocycles. The summed E-state index contributed by atoms with van der Waals surface area (Å²) >= 11 is 0. The van der Waals surface area contributed by atoms with Crippen molar-refractivity contribution in [3.05, 3.63) is 41.7 Å². The number of nitrogens with one attached hydrogen (secondary N) is 1. The molecule has 0 spiro atoms. The summed E-state index contributed by atoms with van der Waals surface area (Å²) in [5, 5.41) is 8.79. The van der Waals surface area contributed by atoms with Crippen molar-refractivity contribution in [2.75, 3.05) is 0 Å². The second-order valence-electron chi connectivity index (χ2n) is 3.07. The molecule has 5 heteroatoms. The van der Waals surface area contributed by atoms with E-state index in [1.807, 2.05) is 0 Å². The number of aromatic nitrogens is 2. The Labute approximate surface area is 84.4 Å². The van der Waals surface area contributed by atoms with Crippen LogP contribution in [0, 0.1) is 11.6 Å². The molecule has 0 aliphatic heterocycles. The summed E-state index contributed by atoms with van der Waals surface area (Å²) in [6.45, 7) is -0.190. The fourth-order valence-electron chi connectivity index (χ4n) is 1.28. The summed E-state index contributed by atoms with van der Waals surface area (Å²) in [6, 6.07) is 3.13. The van der Waals surface area contributed by atoms with Crippen LogP contribution >= 0.6 is 0 Å². The average Bonchev–Trinajstić information content (AvgIpc) is 2.64. The molecule has 0 saturated heterocycles. The predicted molar refractivity (Wildman–Crippen MR) is 49.9 cm³/mol. The fraction of sp³-hybridized carbons (Fsp3) is 0.100. The van der Waals surface area contributed by atoms with Crippen LogP contribution < -0.4 is 0 Å². The molecule has 2 N–H and O–H groups in total. The Kier molecular flexibility index (Phi) is 2.47. The average molecular weight is 210 g/mol. The molecule has 0 unspecified atom stereocenters. The van der Waals surface area contributed by atoms with Crippen LogP contribution in [0.4, 0.5) is 8.78 Å². The van der Waals surface area contributed by atoms with E-state index in [0.717, 1.165) is 6.07 Å². The smallest absolute Gasteiger partial charge is 0.137 e. The quantitative estimate of drug-likeness (QED) is 0.794. The number of hydrogen-bond donors (Lipinski definition) is 2. The van der Waals surface area contributed by atoms with Gasteiger partial charge in [-0.25, -0.2) is 13.8 Å². The molecule has 2 rings (SSSR count). The molecule has 1 heterocycles. The molecule has 15 heavy (non-hydrogen) atoms. The molecule has 0 radical (unpaired) electrons. The van der Waals surface area contributed by atoms with Crippen LogP contribution in [0.5, 0.6) is 0 Å². The van der Waals surface area contributed by atoms with Gasteiger partial charge >= 0.3 is 0 Å².